The zero-order chi connectivity index (χ0) is 17.6. The molecule has 25 heavy (non-hydrogen) atoms. The molecule has 4 rings (SSSR count). The summed E-state index contributed by atoms with van der Waals surface area (Å²) in [6.45, 7) is 2.58. The number of carbonyl (C=O) groups is 2. The molecule has 0 heterocycles. The molecule has 0 radical (unpaired) electrons. The van der Waals surface area contributed by atoms with Gasteiger partial charge < -0.3 is 10.4 Å². The van der Waals surface area contributed by atoms with Gasteiger partial charge in [0.2, 0.25) is 6.41 Å². The third-order valence-electron chi connectivity index (χ3n) is 7.01. The summed E-state index contributed by atoms with van der Waals surface area (Å²) in [4.78, 5) is 23.3. The monoisotopic (exact) mass is 341 g/mol. The van der Waals surface area contributed by atoms with Crippen molar-refractivity contribution in [1.29, 1.82) is 0 Å². The fourth-order valence-electron chi connectivity index (χ4n) is 5.86. The average molecular weight is 341 g/mol. The summed E-state index contributed by atoms with van der Waals surface area (Å²) in [5.41, 5.74) is 3.77. The van der Waals surface area contributed by atoms with Gasteiger partial charge in [0.1, 0.15) is 11.5 Å². The summed E-state index contributed by atoms with van der Waals surface area (Å²) in [5, 5.41) is 12.9. The number of hydrogen-bond acceptors (Lipinski definition) is 3. The number of benzene rings is 1. The lowest BCUT2D eigenvalue weighted by Gasteiger charge is -2.43. The molecule has 3 aliphatic carbocycles. The van der Waals surface area contributed by atoms with E-state index in [1.54, 1.807) is 0 Å². The van der Waals surface area contributed by atoms with Crippen LogP contribution in [0, 0.1) is 23.7 Å². The van der Waals surface area contributed by atoms with Crippen LogP contribution in [0.1, 0.15) is 55.2 Å². The van der Waals surface area contributed by atoms with E-state index < -0.39 is 0 Å². The number of ketones is 1. The Kier molecular flexibility index (Phi) is 4.30. The molecular weight excluding hydrogens is 314 g/mol. The number of rotatable bonds is 4. The Hall–Kier alpha value is -1.84. The van der Waals surface area contributed by atoms with Gasteiger partial charge in [-0.3, -0.25) is 9.59 Å². The fraction of sp³-hybridized carbons (Fsp3) is 0.619. The molecule has 1 aromatic carbocycles. The number of Topliss-reactive ketones (excluding diaryl/α,β-unsaturated/α-hetero) is 1. The molecule has 4 heteroatoms. The van der Waals surface area contributed by atoms with Crippen molar-refractivity contribution in [3.8, 4) is 5.75 Å². The Morgan fingerprint density at radius 3 is 2.76 bits per heavy atom. The van der Waals surface area contributed by atoms with Gasteiger partial charge in [-0.2, -0.15) is 0 Å². The SMILES string of the molecule is CCc1cc2c(cc1O)CCC1C2CCC2C(=O)C(CNC=O)CC21. The minimum absolute atomic E-state index is 0.00590. The van der Waals surface area contributed by atoms with E-state index in [1.807, 2.05) is 6.07 Å². The minimum atomic E-state index is 0.00590. The molecule has 1 amide bonds. The van der Waals surface area contributed by atoms with Crippen LogP contribution in [-0.4, -0.2) is 23.8 Å². The van der Waals surface area contributed by atoms with Crippen LogP contribution in [-0.2, 0) is 22.4 Å². The second-order valence-corrected chi connectivity index (χ2v) is 8.05. The van der Waals surface area contributed by atoms with Crippen LogP contribution >= 0.6 is 0 Å². The summed E-state index contributed by atoms with van der Waals surface area (Å²) < 4.78 is 0. The van der Waals surface area contributed by atoms with Crippen molar-refractivity contribution in [2.24, 2.45) is 23.7 Å². The number of fused-ring (bicyclic) bond motifs is 5. The normalized spacial score (nSPS) is 33.3. The van der Waals surface area contributed by atoms with Crippen LogP contribution in [0.3, 0.4) is 0 Å². The summed E-state index contributed by atoms with van der Waals surface area (Å²) >= 11 is 0. The van der Waals surface area contributed by atoms with Crippen molar-refractivity contribution in [2.45, 2.75) is 51.4 Å². The number of hydrogen-bond donors (Lipinski definition) is 2. The fourth-order valence-corrected chi connectivity index (χ4v) is 5.86. The average Bonchev–Trinajstić information content (AvgIpc) is 2.95. The summed E-state index contributed by atoms with van der Waals surface area (Å²) in [5.74, 6) is 2.59. The molecule has 5 unspecified atom stereocenters. The van der Waals surface area contributed by atoms with Gasteiger partial charge in [0, 0.05) is 18.4 Å². The second-order valence-electron chi connectivity index (χ2n) is 8.05. The van der Waals surface area contributed by atoms with Gasteiger partial charge in [-0.15, -0.1) is 0 Å². The smallest absolute Gasteiger partial charge is 0.207 e. The zero-order valence-electron chi connectivity index (χ0n) is 14.8. The highest BCUT2D eigenvalue weighted by atomic mass is 16.3. The zero-order valence-corrected chi connectivity index (χ0v) is 14.8. The Morgan fingerprint density at radius 2 is 2.00 bits per heavy atom. The van der Waals surface area contributed by atoms with E-state index in [0.29, 0.717) is 42.2 Å². The summed E-state index contributed by atoms with van der Waals surface area (Å²) in [7, 11) is 0. The standard InChI is InChI=1S/C21H27NO3/c1-2-12-7-18-13(9-20(12)24)3-4-16-15(18)5-6-17-19(16)8-14(21(17)25)10-22-11-23/h7,9,11,14-17,19,24H,2-6,8,10H2,1H3,(H,22,23). The molecule has 4 nitrogen and oxygen atoms in total. The molecule has 0 bridgehead atoms. The molecule has 2 N–H and O–H groups in total. The van der Waals surface area contributed by atoms with Crippen LogP contribution in [0.25, 0.3) is 0 Å². The van der Waals surface area contributed by atoms with Crippen LogP contribution < -0.4 is 5.32 Å². The summed E-state index contributed by atoms with van der Waals surface area (Å²) in [6.07, 6.45) is 6.65. The molecule has 0 saturated heterocycles. The van der Waals surface area contributed by atoms with Gasteiger partial charge in [-0.05, 0) is 79.0 Å². The van der Waals surface area contributed by atoms with Crippen molar-refractivity contribution >= 4 is 12.2 Å². The number of aryl methyl sites for hydroxylation is 2. The van der Waals surface area contributed by atoms with E-state index in [4.69, 9.17) is 0 Å². The lowest BCUT2D eigenvalue weighted by molar-refractivity contribution is -0.125. The van der Waals surface area contributed by atoms with Crippen molar-refractivity contribution in [3.63, 3.8) is 0 Å². The van der Waals surface area contributed by atoms with Crippen LogP contribution in [0.15, 0.2) is 12.1 Å². The lowest BCUT2D eigenvalue weighted by Crippen LogP contribution is -2.35. The summed E-state index contributed by atoms with van der Waals surface area (Å²) in [6, 6.07) is 4.21. The van der Waals surface area contributed by atoms with Crippen molar-refractivity contribution in [2.75, 3.05) is 6.54 Å². The molecule has 2 saturated carbocycles. The third kappa shape index (κ3) is 2.66. The maximum atomic E-state index is 12.7. The van der Waals surface area contributed by atoms with E-state index in [0.717, 1.165) is 44.1 Å². The van der Waals surface area contributed by atoms with Gasteiger partial charge in [0.15, 0.2) is 0 Å². The highest BCUT2D eigenvalue weighted by Gasteiger charge is 2.50. The van der Waals surface area contributed by atoms with E-state index in [2.05, 4.69) is 18.3 Å². The molecule has 3 aliphatic rings. The number of carbonyl (C=O) groups excluding carboxylic acids is 2. The molecule has 5 atom stereocenters. The number of nitrogens with one attached hydrogen (secondary N) is 1. The molecule has 0 spiro atoms. The van der Waals surface area contributed by atoms with Crippen molar-refractivity contribution < 1.29 is 14.7 Å². The molecule has 1 aromatic rings. The first-order chi connectivity index (χ1) is 12.1. The number of aromatic hydroxyl groups is 1. The first kappa shape index (κ1) is 16.6. The van der Waals surface area contributed by atoms with Crippen molar-refractivity contribution in [3.05, 3.63) is 28.8 Å². The van der Waals surface area contributed by atoms with Crippen LogP contribution in [0.4, 0.5) is 0 Å². The Morgan fingerprint density at radius 1 is 1.20 bits per heavy atom. The highest BCUT2D eigenvalue weighted by Crippen LogP contribution is 2.55. The van der Waals surface area contributed by atoms with E-state index in [-0.39, 0.29) is 11.8 Å². The first-order valence-corrected chi connectivity index (χ1v) is 9.69. The van der Waals surface area contributed by atoms with Gasteiger partial charge in [0.05, 0.1) is 0 Å². The second kappa shape index (κ2) is 6.47. The van der Waals surface area contributed by atoms with E-state index in [1.165, 1.54) is 11.1 Å². The molecular formula is C21H27NO3. The molecule has 0 aliphatic heterocycles. The third-order valence-corrected chi connectivity index (χ3v) is 7.01. The predicted octanol–water partition coefficient (Wildman–Crippen LogP) is 2.96. The molecule has 2 fully saturated rings. The van der Waals surface area contributed by atoms with Gasteiger partial charge in [-0.1, -0.05) is 13.0 Å². The molecule has 134 valence electrons. The number of phenolic OH excluding ortho intramolecular Hbond substituents is 1. The van der Waals surface area contributed by atoms with Crippen LogP contribution in [0.2, 0.25) is 0 Å². The topological polar surface area (TPSA) is 66.4 Å². The number of phenols is 1. The molecule has 0 aromatic heterocycles. The lowest BCUT2D eigenvalue weighted by atomic mass is 9.60. The van der Waals surface area contributed by atoms with Gasteiger partial charge in [0.25, 0.3) is 0 Å². The van der Waals surface area contributed by atoms with E-state index in [9.17, 15) is 14.7 Å². The highest BCUT2D eigenvalue weighted by molar-refractivity contribution is 5.86. The quantitative estimate of drug-likeness (QED) is 0.828. The minimum Gasteiger partial charge on any atom is -0.508 e. The first-order valence-electron chi connectivity index (χ1n) is 9.69. The Balaban J connectivity index is 1.61. The van der Waals surface area contributed by atoms with Crippen molar-refractivity contribution in [1.82, 2.24) is 5.32 Å². The predicted molar refractivity (Wildman–Crippen MR) is 95.4 cm³/mol. The maximum absolute atomic E-state index is 12.7. The Bertz CT molecular complexity index is 699. The van der Waals surface area contributed by atoms with Gasteiger partial charge in [-0.25, -0.2) is 0 Å². The van der Waals surface area contributed by atoms with Crippen LogP contribution in [0.5, 0.6) is 5.75 Å². The largest absolute Gasteiger partial charge is 0.508 e. The maximum Gasteiger partial charge on any atom is 0.207 e. The van der Waals surface area contributed by atoms with Gasteiger partial charge >= 0.3 is 0 Å². The Labute approximate surface area is 149 Å². The van der Waals surface area contributed by atoms with E-state index >= 15 is 0 Å². The number of amides is 1.